The molecular weight excluding hydrogens is 252 g/mol. The minimum absolute atomic E-state index is 0.0989. The van der Waals surface area contributed by atoms with Crippen molar-refractivity contribution in [2.24, 2.45) is 0 Å². The molecule has 0 N–H and O–H groups in total. The van der Waals surface area contributed by atoms with Crippen LogP contribution in [-0.2, 0) is 16.0 Å². The van der Waals surface area contributed by atoms with Crippen LogP contribution in [0.1, 0.15) is 18.1 Å². The first kappa shape index (κ1) is 14.4. The lowest BCUT2D eigenvalue weighted by Gasteiger charge is -2.07. The van der Waals surface area contributed by atoms with E-state index in [2.05, 4.69) is 0 Å². The van der Waals surface area contributed by atoms with E-state index in [1.54, 1.807) is 6.92 Å². The summed E-state index contributed by atoms with van der Waals surface area (Å²) in [6.45, 7) is 1.83. The lowest BCUT2D eigenvalue weighted by Crippen LogP contribution is -2.09. The highest BCUT2D eigenvalue weighted by atomic mass is 16.6. The molecule has 0 radical (unpaired) electrons. The van der Waals surface area contributed by atoms with E-state index in [4.69, 9.17) is 14.7 Å². The van der Waals surface area contributed by atoms with Crippen molar-refractivity contribution in [3.63, 3.8) is 0 Å². The van der Waals surface area contributed by atoms with Gasteiger partial charge in [0, 0.05) is 5.56 Å². The molecule has 0 aliphatic carbocycles. The van der Waals surface area contributed by atoms with E-state index in [-0.39, 0.29) is 35.6 Å². The van der Waals surface area contributed by atoms with Gasteiger partial charge in [-0.05, 0) is 13.0 Å². The molecule has 0 amide bonds. The fraction of sp³-hybridized carbons (Fsp3) is 0.333. The van der Waals surface area contributed by atoms with Gasteiger partial charge >= 0.3 is 5.97 Å². The molecule has 0 aromatic heterocycles. The molecule has 1 aromatic rings. The Morgan fingerprint density at radius 1 is 1.53 bits per heavy atom. The van der Waals surface area contributed by atoms with E-state index >= 15 is 0 Å². The summed E-state index contributed by atoms with van der Waals surface area (Å²) in [7, 11) is 1.31. The van der Waals surface area contributed by atoms with Gasteiger partial charge in [0.25, 0.3) is 5.69 Å². The van der Waals surface area contributed by atoms with Crippen LogP contribution in [0.4, 0.5) is 5.69 Å². The average molecular weight is 264 g/mol. The van der Waals surface area contributed by atoms with Crippen molar-refractivity contribution in [2.75, 3.05) is 13.7 Å². The van der Waals surface area contributed by atoms with E-state index in [0.717, 1.165) is 6.07 Å². The molecule has 0 saturated carbocycles. The summed E-state index contributed by atoms with van der Waals surface area (Å²) in [6.07, 6.45) is -0.261. The third-order valence-corrected chi connectivity index (χ3v) is 2.36. The summed E-state index contributed by atoms with van der Waals surface area (Å²) in [6, 6.07) is 4.26. The van der Waals surface area contributed by atoms with E-state index in [1.165, 1.54) is 13.2 Å². The molecule has 19 heavy (non-hydrogen) atoms. The smallest absolute Gasteiger partial charge is 0.310 e. The van der Waals surface area contributed by atoms with Crippen molar-refractivity contribution in [1.29, 1.82) is 5.26 Å². The third-order valence-electron chi connectivity index (χ3n) is 2.36. The van der Waals surface area contributed by atoms with Gasteiger partial charge in [-0.15, -0.1) is 0 Å². The lowest BCUT2D eigenvalue weighted by atomic mass is 10.1. The predicted molar refractivity (Wildman–Crippen MR) is 64.7 cm³/mol. The van der Waals surface area contributed by atoms with Crippen molar-refractivity contribution < 1.29 is 19.2 Å². The number of hydrogen-bond donors (Lipinski definition) is 0. The van der Waals surface area contributed by atoms with Crippen LogP contribution in [-0.4, -0.2) is 24.6 Å². The molecule has 0 fully saturated rings. The summed E-state index contributed by atoms with van der Waals surface area (Å²) in [4.78, 5) is 21.7. The number of methoxy groups -OCH3 is 1. The summed E-state index contributed by atoms with van der Waals surface area (Å²) in [5.74, 6) is -0.485. The van der Waals surface area contributed by atoms with Crippen LogP contribution in [0.2, 0.25) is 0 Å². The number of rotatable bonds is 5. The van der Waals surface area contributed by atoms with Crippen LogP contribution in [0.25, 0.3) is 0 Å². The minimum atomic E-state index is -0.627. The number of nitriles is 1. The van der Waals surface area contributed by atoms with Crippen LogP contribution in [0.15, 0.2) is 12.1 Å². The van der Waals surface area contributed by atoms with Crippen molar-refractivity contribution in [1.82, 2.24) is 0 Å². The topological polar surface area (TPSA) is 102 Å². The Hall–Kier alpha value is -2.62. The Bertz CT molecular complexity index is 548. The van der Waals surface area contributed by atoms with Crippen molar-refractivity contribution in [3.8, 4) is 11.8 Å². The Balaban J connectivity index is 3.24. The van der Waals surface area contributed by atoms with Gasteiger partial charge in [0.1, 0.15) is 11.8 Å². The minimum Gasteiger partial charge on any atom is -0.495 e. The first-order valence-electron chi connectivity index (χ1n) is 5.44. The van der Waals surface area contributed by atoms with Crippen molar-refractivity contribution >= 4 is 11.7 Å². The number of carbonyl (C=O) groups is 1. The van der Waals surface area contributed by atoms with E-state index < -0.39 is 10.9 Å². The zero-order valence-corrected chi connectivity index (χ0v) is 10.5. The standard InChI is InChI=1S/C12H12N2O5/c1-3-19-12(15)5-8-4-9(7-13)11(18-2)6-10(8)14(16)17/h4,6H,3,5H2,1-2H3. The van der Waals surface area contributed by atoms with Crippen LogP contribution in [0.5, 0.6) is 5.75 Å². The van der Waals surface area contributed by atoms with Gasteiger partial charge in [0.2, 0.25) is 0 Å². The maximum Gasteiger partial charge on any atom is 0.310 e. The molecule has 7 heteroatoms. The van der Waals surface area contributed by atoms with Crippen molar-refractivity contribution in [3.05, 3.63) is 33.4 Å². The number of esters is 1. The molecule has 0 aliphatic rings. The molecule has 0 heterocycles. The highest BCUT2D eigenvalue weighted by molar-refractivity contribution is 5.75. The van der Waals surface area contributed by atoms with Gasteiger partial charge < -0.3 is 9.47 Å². The molecule has 0 spiro atoms. The molecule has 7 nitrogen and oxygen atoms in total. The van der Waals surface area contributed by atoms with Crippen LogP contribution in [0, 0.1) is 21.4 Å². The molecule has 0 saturated heterocycles. The molecule has 0 aliphatic heterocycles. The Kier molecular flexibility index (Phi) is 4.83. The summed E-state index contributed by atoms with van der Waals surface area (Å²) >= 11 is 0. The molecule has 100 valence electrons. The first-order chi connectivity index (χ1) is 9.03. The van der Waals surface area contributed by atoms with Crippen molar-refractivity contribution in [2.45, 2.75) is 13.3 Å². The molecule has 0 bridgehead atoms. The molecular formula is C12H12N2O5. The van der Waals surface area contributed by atoms with Crippen LogP contribution >= 0.6 is 0 Å². The highest BCUT2D eigenvalue weighted by Crippen LogP contribution is 2.29. The summed E-state index contributed by atoms with van der Waals surface area (Å²) < 4.78 is 9.63. The number of hydrogen-bond acceptors (Lipinski definition) is 6. The van der Waals surface area contributed by atoms with Crippen LogP contribution in [0.3, 0.4) is 0 Å². The molecule has 1 aromatic carbocycles. The van der Waals surface area contributed by atoms with E-state index in [0.29, 0.717) is 0 Å². The second-order valence-electron chi connectivity index (χ2n) is 3.53. The number of ether oxygens (including phenoxy) is 2. The van der Waals surface area contributed by atoms with Gasteiger partial charge in [0.15, 0.2) is 0 Å². The zero-order valence-electron chi connectivity index (χ0n) is 10.5. The molecule has 1 rings (SSSR count). The zero-order chi connectivity index (χ0) is 14.4. The molecule has 0 atom stereocenters. The average Bonchev–Trinajstić information content (AvgIpc) is 2.38. The monoisotopic (exact) mass is 264 g/mol. The highest BCUT2D eigenvalue weighted by Gasteiger charge is 2.21. The SMILES string of the molecule is CCOC(=O)Cc1cc(C#N)c(OC)cc1[N+](=O)[O-]. The summed E-state index contributed by atoms with van der Waals surface area (Å²) in [5.41, 5.74) is -0.0166. The Labute approximate surface area is 109 Å². The van der Waals surface area contributed by atoms with E-state index in [9.17, 15) is 14.9 Å². The van der Waals surface area contributed by atoms with E-state index in [1.807, 2.05) is 6.07 Å². The second-order valence-corrected chi connectivity index (χ2v) is 3.53. The number of nitrogens with zero attached hydrogens (tertiary/aromatic N) is 2. The van der Waals surface area contributed by atoms with Crippen LogP contribution < -0.4 is 4.74 Å². The second kappa shape index (κ2) is 6.35. The first-order valence-corrected chi connectivity index (χ1v) is 5.44. The van der Waals surface area contributed by atoms with Gasteiger partial charge in [-0.1, -0.05) is 0 Å². The number of nitro groups is 1. The Morgan fingerprint density at radius 2 is 2.21 bits per heavy atom. The number of nitro benzene ring substituents is 1. The fourth-order valence-corrected chi connectivity index (χ4v) is 1.55. The number of carbonyl (C=O) groups excluding carboxylic acids is 1. The lowest BCUT2D eigenvalue weighted by molar-refractivity contribution is -0.385. The quantitative estimate of drug-likeness (QED) is 0.454. The third kappa shape index (κ3) is 3.42. The normalized spacial score (nSPS) is 9.53. The number of benzene rings is 1. The Morgan fingerprint density at radius 3 is 2.68 bits per heavy atom. The van der Waals surface area contributed by atoms with Gasteiger partial charge in [-0.2, -0.15) is 5.26 Å². The maximum atomic E-state index is 11.4. The van der Waals surface area contributed by atoms with Gasteiger partial charge in [-0.25, -0.2) is 0 Å². The predicted octanol–water partition coefficient (Wildman–Crippen LogP) is 1.58. The largest absolute Gasteiger partial charge is 0.495 e. The fourth-order valence-electron chi connectivity index (χ4n) is 1.55. The van der Waals surface area contributed by atoms with Gasteiger partial charge in [0.05, 0.1) is 36.7 Å². The molecule has 0 unspecified atom stereocenters. The van der Waals surface area contributed by atoms with Gasteiger partial charge in [-0.3, -0.25) is 14.9 Å². The summed E-state index contributed by atoms with van der Waals surface area (Å²) in [5, 5.41) is 19.9. The maximum absolute atomic E-state index is 11.4.